The highest BCUT2D eigenvalue weighted by atomic mass is 31.2. The van der Waals surface area contributed by atoms with Crippen LogP contribution in [0.5, 0.6) is 0 Å². The predicted molar refractivity (Wildman–Crippen MR) is 162 cm³/mol. The largest absolute Gasteiger partial charge is 0.372 e. The summed E-state index contributed by atoms with van der Waals surface area (Å²) in [5, 5.41) is 1.28. The number of fused-ring (bicyclic) bond motifs is 2. The lowest BCUT2D eigenvalue weighted by molar-refractivity contribution is -0.519. The van der Waals surface area contributed by atoms with Gasteiger partial charge in [-0.15, -0.1) is 5.06 Å². The van der Waals surface area contributed by atoms with Gasteiger partial charge in [0.2, 0.25) is 5.71 Å². The highest BCUT2D eigenvalue weighted by molar-refractivity contribution is 7.71. The van der Waals surface area contributed by atoms with E-state index in [4.69, 9.17) is 4.84 Å². The minimum absolute atomic E-state index is 0.0167. The monoisotopic (exact) mass is 588 g/mol. The maximum absolute atomic E-state index is 14.3. The molecule has 10 heteroatoms. The molecule has 2 amide bonds. The van der Waals surface area contributed by atoms with Crippen LogP contribution in [0.4, 0.5) is 5.69 Å². The number of anilines is 1. The zero-order valence-electron chi connectivity index (χ0n) is 24.3. The number of allylic oxidation sites excluding steroid dienone is 5. The van der Waals surface area contributed by atoms with E-state index in [1.807, 2.05) is 64.1 Å². The SMILES string of the molecule is CCN(CC)c1ccc2c(c1)P(=O)(O)C1=CC(=[N+](CC)CC)C=CC1=C2c1ccc(C(=O)ON2C(=O)CCC2=O)cc1. The summed E-state index contributed by atoms with van der Waals surface area (Å²) in [7, 11) is -3.97. The van der Waals surface area contributed by atoms with Gasteiger partial charge in [-0.2, -0.15) is 0 Å². The van der Waals surface area contributed by atoms with E-state index in [2.05, 4.69) is 9.48 Å². The van der Waals surface area contributed by atoms with E-state index in [0.29, 0.717) is 26.8 Å². The predicted octanol–water partition coefficient (Wildman–Crippen LogP) is 4.41. The Balaban J connectivity index is 1.63. The third-order valence-corrected chi connectivity index (χ3v) is 10.0. The van der Waals surface area contributed by atoms with Crippen LogP contribution in [0.25, 0.3) is 5.57 Å². The minimum atomic E-state index is -3.97. The van der Waals surface area contributed by atoms with Crippen LogP contribution in [0, 0.1) is 0 Å². The van der Waals surface area contributed by atoms with Gasteiger partial charge in [0.05, 0.1) is 16.2 Å². The van der Waals surface area contributed by atoms with Crippen molar-refractivity contribution in [2.75, 3.05) is 31.1 Å². The van der Waals surface area contributed by atoms with Gasteiger partial charge < -0.3 is 14.6 Å². The maximum Gasteiger partial charge on any atom is 0.363 e. The van der Waals surface area contributed by atoms with Crippen LogP contribution >= 0.6 is 7.37 Å². The van der Waals surface area contributed by atoms with Gasteiger partial charge in [0.15, 0.2) is 0 Å². The number of hydrogen-bond acceptors (Lipinski definition) is 6. The van der Waals surface area contributed by atoms with E-state index in [0.717, 1.165) is 48.7 Å². The fourth-order valence-electron chi connectivity index (χ4n) is 5.69. The van der Waals surface area contributed by atoms with Crippen LogP contribution in [0.3, 0.4) is 0 Å². The van der Waals surface area contributed by atoms with Gasteiger partial charge in [0, 0.05) is 43.8 Å². The first-order chi connectivity index (χ1) is 20.1. The van der Waals surface area contributed by atoms with Gasteiger partial charge in [0.25, 0.3) is 19.2 Å². The van der Waals surface area contributed by atoms with Crippen LogP contribution in [0.15, 0.2) is 71.6 Å². The molecule has 3 aliphatic rings. The summed E-state index contributed by atoms with van der Waals surface area (Å²) in [6, 6.07) is 12.3. The molecule has 1 atom stereocenters. The summed E-state index contributed by atoms with van der Waals surface area (Å²) in [4.78, 5) is 55.4. The normalized spacial score (nSPS) is 19.5. The van der Waals surface area contributed by atoms with Crippen LogP contribution in [0.1, 0.15) is 62.0 Å². The first-order valence-electron chi connectivity index (χ1n) is 14.3. The Morgan fingerprint density at radius 3 is 2.21 bits per heavy atom. The molecule has 0 bridgehead atoms. The summed E-state index contributed by atoms with van der Waals surface area (Å²) >= 11 is 0. The second kappa shape index (κ2) is 11.7. The Morgan fingerprint density at radius 2 is 1.62 bits per heavy atom. The van der Waals surface area contributed by atoms with Crippen molar-refractivity contribution in [2.45, 2.75) is 40.5 Å². The molecule has 218 valence electrons. The second-order valence-corrected chi connectivity index (χ2v) is 12.4. The highest BCUT2D eigenvalue weighted by Crippen LogP contribution is 2.59. The Bertz CT molecular complexity index is 1620. The van der Waals surface area contributed by atoms with Crippen molar-refractivity contribution in [3.8, 4) is 0 Å². The lowest BCUT2D eigenvalue weighted by Crippen LogP contribution is -2.32. The summed E-state index contributed by atoms with van der Waals surface area (Å²) < 4.78 is 16.4. The zero-order valence-corrected chi connectivity index (χ0v) is 25.2. The fraction of sp³-hybridized carbons (Fsp3) is 0.312. The first-order valence-corrected chi connectivity index (χ1v) is 16.0. The summed E-state index contributed by atoms with van der Waals surface area (Å²) in [5.41, 5.74) is 4.76. The molecule has 1 fully saturated rings. The van der Waals surface area contributed by atoms with E-state index in [1.54, 1.807) is 24.3 Å². The molecule has 0 aromatic heterocycles. The molecule has 1 N–H and O–H groups in total. The Morgan fingerprint density at radius 1 is 0.976 bits per heavy atom. The number of rotatable bonds is 8. The van der Waals surface area contributed by atoms with Gasteiger partial charge in [0.1, 0.15) is 13.1 Å². The Hall–Kier alpha value is -4.07. The molecule has 0 spiro atoms. The zero-order chi connectivity index (χ0) is 30.2. The molecule has 0 radical (unpaired) electrons. The summed E-state index contributed by atoms with van der Waals surface area (Å²) in [6.45, 7) is 11.2. The van der Waals surface area contributed by atoms with E-state index < -0.39 is 25.2 Å². The molecular formula is C32H35N3O6P+. The average Bonchev–Trinajstić information content (AvgIpc) is 3.31. The van der Waals surface area contributed by atoms with Crippen LogP contribution in [-0.4, -0.2) is 64.2 Å². The Kier molecular flexibility index (Phi) is 8.17. The first kappa shape index (κ1) is 29.4. The number of carbonyl (C=O) groups is 3. The van der Waals surface area contributed by atoms with Crippen molar-refractivity contribution in [1.82, 2.24) is 5.06 Å². The van der Waals surface area contributed by atoms with Gasteiger partial charge in [-0.1, -0.05) is 18.2 Å². The Labute approximate surface area is 245 Å². The average molecular weight is 589 g/mol. The number of benzene rings is 2. The molecule has 2 aromatic rings. The maximum atomic E-state index is 14.3. The van der Waals surface area contributed by atoms with Crippen molar-refractivity contribution in [3.05, 3.63) is 88.3 Å². The lowest BCUT2D eigenvalue weighted by Gasteiger charge is -2.31. The molecule has 5 rings (SSSR count). The lowest BCUT2D eigenvalue weighted by atomic mass is 9.89. The highest BCUT2D eigenvalue weighted by Gasteiger charge is 2.41. The van der Waals surface area contributed by atoms with Crippen LogP contribution < -0.4 is 10.2 Å². The van der Waals surface area contributed by atoms with Crippen molar-refractivity contribution >= 4 is 47.4 Å². The molecule has 9 nitrogen and oxygen atoms in total. The molecule has 1 saturated heterocycles. The molecule has 1 unspecified atom stereocenters. The number of imide groups is 1. The van der Waals surface area contributed by atoms with Crippen LogP contribution in [0.2, 0.25) is 0 Å². The fourth-order valence-corrected chi connectivity index (χ4v) is 7.59. The topological polar surface area (TPSA) is 107 Å². The smallest absolute Gasteiger partial charge is 0.363 e. The number of hydroxylamine groups is 2. The van der Waals surface area contributed by atoms with Crippen LogP contribution in [-0.2, 0) is 19.0 Å². The van der Waals surface area contributed by atoms with Crippen molar-refractivity contribution < 1.29 is 33.3 Å². The van der Waals surface area contributed by atoms with E-state index in [9.17, 15) is 23.8 Å². The number of hydrogen-bond donors (Lipinski definition) is 1. The number of carbonyl (C=O) groups excluding carboxylic acids is 3. The molecule has 42 heavy (non-hydrogen) atoms. The summed E-state index contributed by atoms with van der Waals surface area (Å²) in [5.74, 6) is -1.90. The van der Waals surface area contributed by atoms with Gasteiger partial charge in [-0.25, -0.2) is 9.37 Å². The second-order valence-electron chi connectivity index (χ2n) is 10.2. The quantitative estimate of drug-likeness (QED) is 0.277. The molecular weight excluding hydrogens is 553 g/mol. The van der Waals surface area contributed by atoms with Gasteiger partial charge in [-0.3, -0.25) is 14.2 Å². The third kappa shape index (κ3) is 5.08. The standard InChI is InChI=1S/C32H34N3O6P/c1-5-33(6-2)23-13-15-25-27(19-23)42(39,40)28-20-24(34(7-3)8-4)14-16-26(28)31(25)21-9-11-22(12-10-21)32(38)41-35-29(36)17-18-30(35)37/h9-16,19-20H,5-8,17-18H2,1-4H3/p+1. The molecule has 2 aliphatic heterocycles. The molecule has 2 heterocycles. The molecule has 0 saturated carbocycles. The van der Waals surface area contributed by atoms with Crippen molar-refractivity contribution in [2.24, 2.45) is 0 Å². The summed E-state index contributed by atoms with van der Waals surface area (Å²) in [6.07, 6.45) is 5.73. The molecule has 2 aromatic carbocycles. The van der Waals surface area contributed by atoms with E-state index >= 15 is 0 Å². The minimum Gasteiger partial charge on any atom is -0.372 e. The number of amides is 2. The van der Waals surface area contributed by atoms with Crippen molar-refractivity contribution in [3.63, 3.8) is 0 Å². The molecule has 1 aliphatic carbocycles. The van der Waals surface area contributed by atoms with Crippen molar-refractivity contribution in [1.29, 1.82) is 0 Å². The van der Waals surface area contributed by atoms with E-state index in [-0.39, 0.29) is 18.4 Å². The van der Waals surface area contributed by atoms with Gasteiger partial charge in [-0.05, 0) is 80.3 Å². The number of nitrogens with zero attached hydrogens (tertiary/aromatic N) is 3. The van der Waals surface area contributed by atoms with Gasteiger partial charge >= 0.3 is 5.97 Å². The van der Waals surface area contributed by atoms with E-state index in [1.165, 1.54) is 0 Å². The third-order valence-electron chi connectivity index (χ3n) is 8.00.